The largest absolute Gasteiger partial charge is 0.290 e. The monoisotopic (exact) mass is 238 g/mol. The summed E-state index contributed by atoms with van der Waals surface area (Å²) in [6.45, 7) is 0. The average Bonchev–Trinajstić information content (AvgIpc) is 2.38. The van der Waals surface area contributed by atoms with E-state index in [0.29, 0.717) is 5.56 Å². The zero-order valence-corrected chi connectivity index (χ0v) is 9.84. The number of carbonyl (C=O) groups excluding carboxylic acids is 1. The van der Waals surface area contributed by atoms with Gasteiger partial charge >= 0.3 is 0 Å². The molecule has 0 heterocycles. The highest BCUT2D eigenvalue weighted by atomic mass is 16.2. The SMILES string of the molecule is NNC(=O)c1ccc(C2=CC=CC=CC=C2)cc1. The van der Waals surface area contributed by atoms with Crippen molar-refractivity contribution in [2.45, 2.75) is 0 Å². The smallest absolute Gasteiger partial charge is 0.265 e. The van der Waals surface area contributed by atoms with Crippen molar-refractivity contribution in [3.05, 3.63) is 77.9 Å². The zero-order chi connectivity index (χ0) is 12.8. The van der Waals surface area contributed by atoms with Gasteiger partial charge in [-0.05, 0) is 23.3 Å². The van der Waals surface area contributed by atoms with Gasteiger partial charge in [0.05, 0.1) is 0 Å². The van der Waals surface area contributed by atoms with Gasteiger partial charge < -0.3 is 0 Å². The Morgan fingerprint density at radius 1 is 0.944 bits per heavy atom. The molecule has 0 aliphatic heterocycles. The van der Waals surface area contributed by atoms with Crippen LogP contribution in [0.2, 0.25) is 0 Å². The van der Waals surface area contributed by atoms with Gasteiger partial charge in [-0.2, -0.15) is 0 Å². The maximum Gasteiger partial charge on any atom is 0.265 e. The molecule has 3 heteroatoms. The summed E-state index contributed by atoms with van der Waals surface area (Å²) in [5, 5.41) is 0. The third-order valence-electron chi connectivity index (χ3n) is 2.61. The van der Waals surface area contributed by atoms with Crippen LogP contribution in [0.4, 0.5) is 0 Å². The Morgan fingerprint density at radius 3 is 2.33 bits per heavy atom. The molecular formula is C15H14N2O. The third kappa shape index (κ3) is 2.84. The second kappa shape index (κ2) is 5.80. The molecule has 1 amide bonds. The number of amides is 1. The summed E-state index contributed by atoms with van der Waals surface area (Å²) >= 11 is 0. The number of benzene rings is 1. The Kier molecular flexibility index (Phi) is 3.89. The predicted molar refractivity (Wildman–Crippen MR) is 73.5 cm³/mol. The Balaban J connectivity index is 2.26. The number of nitrogen functional groups attached to an aromatic ring is 1. The fraction of sp³-hybridized carbons (Fsp3) is 0. The molecule has 2 rings (SSSR count). The predicted octanol–water partition coefficient (Wildman–Crippen LogP) is 2.36. The molecule has 0 saturated carbocycles. The van der Waals surface area contributed by atoms with Crippen molar-refractivity contribution < 1.29 is 4.79 Å². The summed E-state index contributed by atoms with van der Waals surface area (Å²) in [6.07, 6.45) is 13.9. The molecule has 0 bridgehead atoms. The summed E-state index contributed by atoms with van der Waals surface area (Å²) in [5.74, 6) is 4.80. The second-order valence-electron chi connectivity index (χ2n) is 3.80. The van der Waals surface area contributed by atoms with Crippen molar-refractivity contribution >= 4 is 11.5 Å². The molecule has 1 aromatic carbocycles. The van der Waals surface area contributed by atoms with Crippen LogP contribution in [-0.2, 0) is 0 Å². The number of hydrazine groups is 1. The third-order valence-corrected chi connectivity index (χ3v) is 2.61. The lowest BCUT2D eigenvalue weighted by molar-refractivity contribution is 0.0953. The molecule has 0 atom stereocenters. The zero-order valence-electron chi connectivity index (χ0n) is 9.84. The molecule has 1 aromatic rings. The minimum atomic E-state index is -0.286. The van der Waals surface area contributed by atoms with Crippen molar-refractivity contribution in [1.82, 2.24) is 5.43 Å². The molecule has 0 radical (unpaired) electrons. The van der Waals surface area contributed by atoms with Gasteiger partial charge in [0.2, 0.25) is 0 Å². The Bertz CT molecular complexity index is 548. The fourth-order valence-corrected chi connectivity index (χ4v) is 1.66. The van der Waals surface area contributed by atoms with Gasteiger partial charge in [-0.15, -0.1) is 0 Å². The van der Waals surface area contributed by atoms with Crippen molar-refractivity contribution in [2.24, 2.45) is 5.84 Å². The van der Waals surface area contributed by atoms with Crippen LogP contribution in [0, 0.1) is 0 Å². The summed E-state index contributed by atoms with van der Waals surface area (Å²) in [6, 6.07) is 7.31. The number of hydrogen-bond acceptors (Lipinski definition) is 2. The molecule has 0 aromatic heterocycles. The molecule has 18 heavy (non-hydrogen) atoms. The van der Waals surface area contributed by atoms with E-state index in [1.54, 1.807) is 12.1 Å². The van der Waals surface area contributed by atoms with Crippen molar-refractivity contribution in [3.8, 4) is 0 Å². The summed E-state index contributed by atoms with van der Waals surface area (Å²) in [4.78, 5) is 11.3. The van der Waals surface area contributed by atoms with Crippen LogP contribution in [0.3, 0.4) is 0 Å². The fourth-order valence-electron chi connectivity index (χ4n) is 1.66. The lowest BCUT2D eigenvalue weighted by Gasteiger charge is -2.04. The molecule has 1 aliphatic rings. The van der Waals surface area contributed by atoms with Gasteiger partial charge in [-0.25, -0.2) is 5.84 Å². The molecule has 0 saturated heterocycles. The highest BCUT2D eigenvalue weighted by molar-refractivity contribution is 5.94. The maximum absolute atomic E-state index is 11.3. The number of rotatable bonds is 2. The minimum absolute atomic E-state index is 0.286. The number of nitrogens with one attached hydrogen (secondary N) is 1. The number of allylic oxidation sites excluding steroid dienone is 8. The number of carbonyl (C=O) groups is 1. The Morgan fingerprint density at radius 2 is 1.61 bits per heavy atom. The highest BCUT2D eigenvalue weighted by Gasteiger charge is 2.03. The van der Waals surface area contributed by atoms with E-state index < -0.39 is 0 Å². The minimum Gasteiger partial charge on any atom is -0.290 e. The van der Waals surface area contributed by atoms with E-state index >= 15 is 0 Å². The molecular weight excluding hydrogens is 224 g/mol. The first-order chi connectivity index (χ1) is 8.81. The molecule has 0 spiro atoms. The first-order valence-electron chi connectivity index (χ1n) is 5.64. The first kappa shape index (κ1) is 12.1. The average molecular weight is 238 g/mol. The molecule has 3 nitrogen and oxygen atoms in total. The summed E-state index contributed by atoms with van der Waals surface area (Å²) in [5.41, 5.74) is 4.81. The van der Waals surface area contributed by atoms with Crippen LogP contribution in [0.15, 0.2) is 66.8 Å². The Labute approximate surface area is 106 Å². The van der Waals surface area contributed by atoms with Crippen LogP contribution >= 0.6 is 0 Å². The lowest BCUT2D eigenvalue weighted by atomic mass is 10.0. The quantitative estimate of drug-likeness (QED) is 0.472. The van der Waals surface area contributed by atoms with Crippen molar-refractivity contribution in [3.63, 3.8) is 0 Å². The maximum atomic E-state index is 11.3. The van der Waals surface area contributed by atoms with E-state index in [4.69, 9.17) is 5.84 Å². The van der Waals surface area contributed by atoms with Gasteiger partial charge in [0.1, 0.15) is 0 Å². The lowest BCUT2D eigenvalue weighted by Crippen LogP contribution is -2.29. The van der Waals surface area contributed by atoms with Crippen molar-refractivity contribution in [1.29, 1.82) is 0 Å². The topological polar surface area (TPSA) is 55.1 Å². The van der Waals surface area contributed by atoms with E-state index in [1.807, 2.05) is 54.7 Å². The van der Waals surface area contributed by atoms with Crippen LogP contribution in [-0.4, -0.2) is 5.91 Å². The van der Waals surface area contributed by atoms with Crippen LogP contribution in [0.25, 0.3) is 5.57 Å². The Hall–Kier alpha value is -2.39. The highest BCUT2D eigenvalue weighted by Crippen LogP contribution is 2.18. The van der Waals surface area contributed by atoms with Gasteiger partial charge in [-0.1, -0.05) is 54.7 Å². The van der Waals surface area contributed by atoms with E-state index in [2.05, 4.69) is 5.43 Å². The van der Waals surface area contributed by atoms with E-state index in [0.717, 1.165) is 11.1 Å². The van der Waals surface area contributed by atoms with E-state index in [-0.39, 0.29) is 5.91 Å². The first-order valence-corrected chi connectivity index (χ1v) is 5.64. The van der Waals surface area contributed by atoms with Gasteiger partial charge in [-0.3, -0.25) is 10.2 Å². The number of hydrogen-bond donors (Lipinski definition) is 2. The van der Waals surface area contributed by atoms with Crippen LogP contribution in [0.5, 0.6) is 0 Å². The molecule has 3 N–H and O–H groups in total. The summed E-state index contributed by atoms with van der Waals surface area (Å²) in [7, 11) is 0. The van der Waals surface area contributed by atoms with Gasteiger partial charge in [0.15, 0.2) is 0 Å². The normalized spacial score (nSPS) is 13.7. The number of nitrogens with two attached hydrogens (primary N) is 1. The van der Waals surface area contributed by atoms with E-state index in [9.17, 15) is 4.79 Å². The van der Waals surface area contributed by atoms with Crippen molar-refractivity contribution in [2.75, 3.05) is 0 Å². The van der Waals surface area contributed by atoms with Crippen LogP contribution < -0.4 is 11.3 Å². The molecule has 0 fully saturated rings. The van der Waals surface area contributed by atoms with Gasteiger partial charge in [0.25, 0.3) is 5.91 Å². The van der Waals surface area contributed by atoms with Gasteiger partial charge in [0, 0.05) is 5.56 Å². The molecule has 90 valence electrons. The standard InChI is InChI=1S/C15H14N2O/c16-17-15(18)14-10-8-13(9-11-14)12-6-4-2-1-3-5-7-12/h1-11H,16H2,(H,17,18). The van der Waals surface area contributed by atoms with E-state index in [1.165, 1.54) is 0 Å². The molecule has 0 unspecified atom stereocenters. The van der Waals surface area contributed by atoms with Crippen LogP contribution in [0.1, 0.15) is 15.9 Å². The summed E-state index contributed by atoms with van der Waals surface area (Å²) < 4.78 is 0. The second-order valence-corrected chi connectivity index (χ2v) is 3.80. The molecule has 1 aliphatic carbocycles.